The largest absolute Gasteiger partial charge is 0.480 e. The molecule has 7 atom stereocenters. The second-order valence-electron chi connectivity index (χ2n) is 11.1. The van der Waals surface area contributed by atoms with Crippen molar-refractivity contribution in [1.82, 2.24) is 31.9 Å². The van der Waals surface area contributed by atoms with Crippen molar-refractivity contribution in [3.63, 3.8) is 0 Å². The fraction of sp³-hybridized carbons (Fsp3) is 0.667. The highest BCUT2D eigenvalue weighted by atomic mass is 16.4. The van der Waals surface area contributed by atoms with Gasteiger partial charge in [-0.3, -0.25) is 43.5 Å². The molecular weight excluding hydrogens is 650 g/mol. The molecule has 0 saturated heterocycles. The summed E-state index contributed by atoms with van der Waals surface area (Å²) in [6.45, 7) is 4.53. The summed E-state index contributed by atoms with van der Waals surface area (Å²) in [5.41, 5.74) is 27.0. The van der Waals surface area contributed by atoms with E-state index >= 15 is 0 Å². The molecule has 0 aliphatic heterocycles. The maximum absolute atomic E-state index is 13.3. The molecule has 0 heterocycles. The summed E-state index contributed by atoms with van der Waals surface area (Å²) in [5, 5.41) is 32.8. The van der Waals surface area contributed by atoms with Crippen LogP contribution in [0.5, 0.6) is 0 Å². The Bertz CT molecular complexity index is 1220. The highest BCUT2D eigenvalue weighted by Gasteiger charge is 2.31. The predicted molar refractivity (Wildman–Crippen MR) is 177 cm³/mol. The fourth-order valence-electron chi connectivity index (χ4n) is 3.77. The van der Waals surface area contributed by atoms with Gasteiger partial charge < -0.3 is 70.8 Å². The molecule has 0 bridgehead atoms. The number of rotatable bonds is 22. The van der Waals surface area contributed by atoms with E-state index in [-0.39, 0.29) is 50.7 Å². The van der Waals surface area contributed by atoms with Crippen molar-refractivity contribution in [1.29, 1.82) is 0 Å². The number of aliphatic hydroxyl groups excluding tert-OH is 1. The maximum Gasteiger partial charge on any atom is 0.325 e. The number of amides is 6. The molecule has 18 N–H and O–H groups in total. The molecule has 0 aliphatic carbocycles. The first-order valence-corrected chi connectivity index (χ1v) is 15.3. The number of nitrogens with zero attached hydrogens (tertiary/aromatic N) is 2. The van der Waals surface area contributed by atoms with Crippen LogP contribution in [0.1, 0.15) is 53.4 Å². The van der Waals surface area contributed by atoms with E-state index in [1.54, 1.807) is 0 Å². The van der Waals surface area contributed by atoms with Crippen LogP contribution in [-0.4, -0.2) is 126 Å². The molecule has 49 heavy (non-hydrogen) atoms. The maximum atomic E-state index is 13.3. The molecule has 0 spiro atoms. The second kappa shape index (κ2) is 22.3. The molecule has 0 radical (unpaired) electrons. The molecule has 0 aromatic rings. The topological polar surface area (TPSA) is 387 Å². The number of nitrogens with two attached hydrogens (primary N) is 5. The minimum Gasteiger partial charge on any atom is -0.480 e. The number of aliphatic carboxylic acids is 1. The minimum absolute atomic E-state index is 0.00717. The Hall–Kier alpha value is -5.25. The van der Waals surface area contributed by atoms with Gasteiger partial charge in [-0.15, -0.1) is 0 Å². The SMILES string of the molecule is C[C@H](N)C(=O)N[C@@H](CCCN=C(N)N)C(=O)N[C@@H](CCCN=C(N)N)C(=O)N[C@@H](C)C(=O)N[C@@H](CO)C(=O)N[C@@H](C)C(=O)N[C@@H](C)C(=O)O. The molecule has 22 nitrogen and oxygen atoms in total. The Morgan fingerprint density at radius 2 is 0.898 bits per heavy atom. The predicted octanol–water partition coefficient (Wildman–Crippen LogP) is -6.51. The van der Waals surface area contributed by atoms with Crippen molar-refractivity contribution in [3.8, 4) is 0 Å². The van der Waals surface area contributed by atoms with Gasteiger partial charge >= 0.3 is 5.97 Å². The van der Waals surface area contributed by atoms with E-state index in [0.29, 0.717) is 0 Å². The van der Waals surface area contributed by atoms with E-state index < -0.39 is 90.3 Å². The summed E-state index contributed by atoms with van der Waals surface area (Å²) < 4.78 is 0. The zero-order valence-corrected chi connectivity index (χ0v) is 28.0. The van der Waals surface area contributed by atoms with Crippen LogP contribution in [0.4, 0.5) is 0 Å². The molecule has 0 rings (SSSR count). The third-order valence-electron chi connectivity index (χ3n) is 6.62. The van der Waals surface area contributed by atoms with Gasteiger partial charge in [0.1, 0.15) is 36.3 Å². The van der Waals surface area contributed by atoms with Crippen LogP contribution in [0.2, 0.25) is 0 Å². The third-order valence-corrected chi connectivity index (χ3v) is 6.62. The minimum atomic E-state index is -1.55. The number of hydrogen-bond donors (Lipinski definition) is 13. The molecule has 0 unspecified atom stereocenters. The zero-order chi connectivity index (χ0) is 37.8. The van der Waals surface area contributed by atoms with E-state index in [1.807, 2.05) is 0 Å². The van der Waals surface area contributed by atoms with E-state index in [2.05, 4.69) is 41.9 Å². The summed E-state index contributed by atoms with van der Waals surface area (Å²) in [4.78, 5) is 95.2. The van der Waals surface area contributed by atoms with Gasteiger partial charge in [-0.25, -0.2) is 0 Å². The van der Waals surface area contributed by atoms with E-state index in [9.17, 15) is 38.7 Å². The third kappa shape index (κ3) is 18.0. The lowest BCUT2D eigenvalue weighted by Crippen LogP contribution is -2.59. The highest BCUT2D eigenvalue weighted by molar-refractivity contribution is 5.96. The Morgan fingerprint density at radius 1 is 0.551 bits per heavy atom. The van der Waals surface area contributed by atoms with Crippen molar-refractivity contribution >= 4 is 53.3 Å². The van der Waals surface area contributed by atoms with Crippen molar-refractivity contribution in [3.05, 3.63) is 0 Å². The molecule has 22 heteroatoms. The van der Waals surface area contributed by atoms with Crippen LogP contribution in [0.15, 0.2) is 9.98 Å². The highest BCUT2D eigenvalue weighted by Crippen LogP contribution is 2.05. The average molecular weight is 702 g/mol. The average Bonchev–Trinajstić information content (AvgIpc) is 3.01. The quantitative estimate of drug-likeness (QED) is 0.0284. The van der Waals surface area contributed by atoms with Crippen LogP contribution in [0, 0.1) is 0 Å². The number of aliphatic imine (C=N–C) groups is 2. The molecule has 0 aromatic heterocycles. The number of nitrogens with one attached hydrogen (secondary N) is 6. The summed E-state index contributed by atoms with van der Waals surface area (Å²) in [6, 6.07) is -8.67. The molecule has 6 amide bonds. The van der Waals surface area contributed by atoms with Gasteiger partial charge in [0.25, 0.3) is 0 Å². The standard InChI is InChI=1S/C27H51N13O9/c1-12(28)19(42)38-17(8-6-10-34-27(31)32)23(46)39-16(7-5-9-33-26(29)30)22(45)35-14(3)21(44)40-18(11-41)24(47)36-13(2)20(43)37-15(4)25(48)49/h12-18,41H,5-11,28H2,1-4H3,(H,35,45)(H,36,47)(H,37,43)(H,38,42)(H,39,46)(H,40,44)(H,48,49)(H4,29,30,33)(H4,31,32,34)/t12-,13-,14-,15-,16-,17-,18-/m0/s1. The van der Waals surface area contributed by atoms with Gasteiger partial charge in [-0.05, 0) is 53.4 Å². The van der Waals surface area contributed by atoms with Crippen molar-refractivity contribution in [2.45, 2.75) is 95.7 Å². The van der Waals surface area contributed by atoms with Gasteiger partial charge in [0.15, 0.2) is 11.9 Å². The molecule has 0 aromatic carbocycles. The number of hydrogen-bond acceptors (Lipinski definition) is 11. The fourth-order valence-corrected chi connectivity index (χ4v) is 3.77. The van der Waals surface area contributed by atoms with E-state index in [4.69, 9.17) is 33.8 Å². The lowest BCUT2D eigenvalue weighted by atomic mass is 10.1. The van der Waals surface area contributed by atoms with Gasteiger partial charge in [-0.1, -0.05) is 0 Å². The van der Waals surface area contributed by atoms with Crippen LogP contribution >= 0.6 is 0 Å². The van der Waals surface area contributed by atoms with Crippen LogP contribution in [0.3, 0.4) is 0 Å². The summed E-state index contributed by atoms with van der Waals surface area (Å²) in [5.74, 6) is -6.55. The molecule has 0 saturated carbocycles. The monoisotopic (exact) mass is 701 g/mol. The number of carbonyl (C=O) groups excluding carboxylic acids is 6. The van der Waals surface area contributed by atoms with Gasteiger partial charge in [0.05, 0.1) is 12.6 Å². The van der Waals surface area contributed by atoms with E-state index in [1.165, 1.54) is 27.7 Å². The Kier molecular flexibility index (Phi) is 19.9. The van der Waals surface area contributed by atoms with Gasteiger partial charge in [0.2, 0.25) is 35.4 Å². The molecular formula is C27H51N13O9. The number of guanidine groups is 2. The normalized spacial score (nSPS) is 14.9. The lowest BCUT2D eigenvalue weighted by molar-refractivity contribution is -0.141. The molecule has 278 valence electrons. The summed E-state index contributed by atoms with van der Waals surface area (Å²) in [6.07, 6.45) is 0.554. The van der Waals surface area contributed by atoms with Crippen molar-refractivity contribution in [2.75, 3.05) is 19.7 Å². The molecule has 0 fully saturated rings. The number of carboxylic acid groups (broad SMARTS) is 1. The number of carboxylic acids is 1. The number of carbonyl (C=O) groups is 7. The van der Waals surface area contributed by atoms with Crippen molar-refractivity contribution in [2.24, 2.45) is 38.7 Å². The van der Waals surface area contributed by atoms with Crippen LogP contribution in [0.25, 0.3) is 0 Å². The number of aliphatic hydroxyl groups is 1. The Labute approximate surface area is 283 Å². The second-order valence-corrected chi connectivity index (χ2v) is 11.1. The van der Waals surface area contributed by atoms with Crippen LogP contribution < -0.4 is 60.6 Å². The van der Waals surface area contributed by atoms with Crippen LogP contribution in [-0.2, 0) is 33.6 Å². The Balaban J connectivity index is 5.70. The first-order valence-electron chi connectivity index (χ1n) is 15.3. The zero-order valence-electron chi connectivity index (χ0n) is 28.0. The smallest absolute Gasteiger partial charge is 0.325 e. The van der Waals surface area contributed by atoms with Crippen molar-refractivity contribution < 1.29 is 43.8 Å². The first kappa shape index (κ1) is 43.8. The summed E-state index contributed by atoms with van der Waals surface area (Å²) in [7, 11) is 0. The summed E-state index contributed by atoms with van der Waals surface area (Å²) >= 11 is 0. The molecule has 0 aliphatic rings. The van der Waals surface area contributed by atoms with Gasteiger partial charge in [0, 0.05) is 13.1 Å². The first-order chi connectivity index (χ1) is 22.8. The Morgan fingerprint density at radius 3 is 1.29 bits per heavy atom. The van der Waals surface area contributed by atoms with E-state index in [0.717, 1.165) is 0 Å². The van der Waals surface area contributed by atoms with Gasteiger partial charge in [-0.2, -0.15) is 0 Å². The lowest BCUT2D eigenvalue weighted by Gasteiger charge is -2.25.